The predicted molar refractivity (Wildman–Crippen MR) is 563 cm³/mol. The zero-order valence-corrected chi connectivity index (χ0v) is 105. The second-order valence-electron chi connectivity index (χ2n) is 36.6. The molecule has 0 aromatic heterocycles. The maximum absolute atomic E-state index is 14.5. The van der Waals surface area contributed by atoms with Crippen LogP contribution in [0.1, 0.15) is 257 Å². The summed E-state index contributed by atoms with van der Waals surface area (Å²) >= 11 is 2.94. The summed E-state index contributed by atoms with van der Waals surface area (Å²) < 4.78 is 98.8. The van der Waals surface area contributed by atoms with Gasteiger partial charge in [0.1, 0.15) is 17.5 Å². The molecule has 5 aliphatic heterocycles. The molecule has 5 heterocycles. The molecule has 4 aliphatic carbocycles. The summed E-state index contributed by atoms with van der Waals surface area (Å²) in [4.78, 5) is 0. The van der Waals surface area contributed by atoms with Gasteiger partial charge in [0.25, 0.3) is 0 Å². The Morgan fingerprint density at radius 1 is 0.451 bits per heavy atom. The molecular formula is C114H153B4BrF3O14Y6-12. The largest absolute Gasteiger partial charge is 0.489 e. The van der Waals surface area contributed by atoms with Gasteiger partial charge in [-0.15, -0.1) is 38.7 Å². The van der Waals surface area contributed by atoms with Crippen molar-refractivity contribution in [1.82, 2.24) is 0 Å². The van der Waals surface area contributed by atoms with Gasteiger partial charge in [-0.25, -0.2) is 13.2 Å². The van der Waals surface area contributed by atoms with E-state index in [9.17, 15) is 13.2 Å². The number of hydrogen-bond donors (Lipinski definition) is 4. The quantitative estimate of drug-likeness (QED) is 0.0133. The molecule has 15 rings (SSSR count). The van der Waals surface area contributed by atoms with Crippen molar-refractivity contribution in [1.29, 1.82) is 0 Å². The molecule has 6 aromatic carbocycles. The number of terminal acetylenes is 1. The number of alkyl halides is 1. The van der Waals surface area contributed by atoms with Crippen LogP contribution in [-0.2, 0) is 263 Å². The monoisotopic (exact) mass is 2460 g/mol. The van der Waals surface area contributed by atoms with Gasteiger partial charge in [0.15, 0.2) is 18.9 Å². The standard InChI is InChI=1S/3C19H17FO2.C12H21BO2.C9H16.C8H14.2C7H13BO2.C7H10.C6H12BO2.CH3Br.6Y/c3*20-18-12-15(19-21-8-3-9-22-19)6-7-17(18)16-10-13-4-1-2-5-14(13)11-16;1-7-11(8-2)9(3)13-14-10(4)12(5,6)15-13;1-4-8(5-2)9(3)6-7-9;1-5-8(6-2)7(3)4;2*1-4-7(5-2)6(3)8(9)10;1-4-7(5-2)6-3;1-5(2)6(3,4)9-7-8-5;1-2;;;;;;/h3*1-2,4-7,10,12,19H,3,8-9,11H2;10-11H,1-3,7-8H2,4-6H3;8H,1-2,4-7H2,3H3;8H,1-3,5-6H2,4H3;2*7,9-10H,1-5H2;1,7H,2-3,5-6H2;1-4H3;1H3;;;;;;/q;;;6*-2;;;;;;;;. The van der Waals surface area contributed by atoms with E-state index < -0.39 is 33.1 Å². The van der Waals surface area contributed by atoms with Crippen LogP contribution in [0.3, 0.4) is 0 Å². The summed E-state index contributed by atoms with van der Waals surface area (Å²) in [6.07, 6.45) is 27.5. The minimum absolute atomic E-state index is 0. The van der Waals surface area contributed by atoms with E-state index in [0.29, 0.717) is 110 Å². The normalized spacial score (nSPS) is 16.9. The van der Waals surface area contributed by atoms with E-state index in [1.165, 1.54) is 77.7 Å². The molecule has 1 saturated carbocycles. The average Bonchev–Trinajstić information content (AvgIpc) is 1.64. The molecular weight excluding hydrogens is 2310 g/mol. The fourth-order valence-electron chi connectivity index (χ4n) is 15.2. The van der Waals surface area contributed by atoms with E-state index >= 15 is 0 Å². The van der Waals surface area contributed by atoms with Gasteiger partial charge in [-0.3, -0.25) is 0 Å². The van der Waals surface area contributed by atoms with Gasteiger partial charge in [0, 0.05) is 230 Å². The first-order valence-electron chi connectivity index (χ1n) is 47.6. The molecule has 6 aromatic rings. The van der Waals surface area contributed by atoms with Gasteiger partial charge < -0.3 is 150 Å². The third-order valence-electron chi connectivity index (χ3n) is 26.1. The molecule has 6 fully saturated rings. The molecule has 1 atom stereocenters. The minimum atomic E-state index is -1.42. The van der Waals surface area contributed by atoms with Crippen LogP contribution in [0.4, 0.5) is 13.2 Å². The Bertz CT molecular complexity index is 4410. The minimum Gasteiger partial charge on any atom is -0.423 e. The van der Waals surface area contributed by atoms with Crippen molar-refractivity contribution >= 4 is 79.9 Å². The molecule has 4 N–H and O–H groups in total. The molecule has 1 unspecified atom stereocenters. The van der Waals surface area contributed by atoms with Crippen LogP contribution in [0.15, 0.2) is 176 Å². The van der Waals surface area contributed by atoms with E-state index in [2.05, 4.69) is 193 Å². The van der Waals surface area contributed by atoms with Crippen LogP contribution >= 0.6 is 15.9 Å². The summed E-state index contributed by atoms with van der Waals surface area (Å²) in [6, 6.07) is 40.4. The number of benzene rings is 6. The Balaban J connectivity index is 0. The molecule has 0 spiro atoms. The van der Waals surface area contributed by atoms with E-state index in [-0.39, 0.29) is 261 Å². The first kappa shape index (κ1) is 144. The van der Waals surface area contributed by atoms with E-state index in [1.54, 1.807) is 0 Å². The Morgan fingerprint density at radius 2 is 0.739 bits per heavy atom. The van der Waals surface area contributed by atoms with Crippen LogP contribution in [0.2, 0.25) is 0 Å². The Kier molecular flexibility index (Phi) is 76.4. The van der Waals surface area contributed by atoms with Crippen LogP contribution < -0.4 is 0 Å². The molecule has 0 bridgehead atoms. The van der Waals surface area contributed by atoms with Crippen LogP contribution in [-0.4, -0.2) is 118 Å². The van der Waals surface area contributed by atoms with Crippen LogP contribution in [0, 0.1) is 154 Å². The number of hydrogen-bond acceptors (Lipinski definition) is 14. The number of allylic oxidation sites excluding steroid dienone is 7. The van der Waals surface area contributed by atoms with Crippen molar-refractivity contribution in [3.8, 4) is 12.3 Å². The third-order valence-corrected chi connectivity index (χ3v) is 26.1. The van der Waals surface area contributed by atoms with Crippen molar-refractivity contribution < 1.29 is 277 Å². The zero-order valence-electron chi connectivity index (χ0n) is 86.6. The molecule has 14 nitrogen and oxygen atoms in total. The maximum atomic E-state index is 14.5. The fraction of sp³-hybridized carbons (Fsp3) is 0.439. The summed E-state index contributed by atoms with van der Waals surface area (Å²) in [5.41, 5.74) is 17.6. The topological polar surface area (TPSA) is 173 Å². The molecule has 142 heavy (non-hydrogen) atoms. The van der Waals surface area contributed by atoms with Crippen molar-refractivity contribution in [3.05, 3.63) is 343 Å². The smallest absolute Gasteiger partial charge is 0.423 e. The number of ether oxygens (including phenoxy) is 6. The second kappa shape index (κ2) is 75.5. The average molecular weight is 2460 g/mol. The van der Waals surface area contributed by atoms with Crippen molar-refractivity contribution in [2.45, 2.75) is 233 Å². The number of fused-ring (bicyclic) bond motifs is 3. The van der Waals surface area contributed by atoms with Gasteiger partial charge in [0.2, 0.25) is 0 Å². The Morgan fingerprint density at radius 3 is 0.915 bits per heavy atom. The van der Waals surface area contributed by atoms with Crippen LogP contribution in [0.25, 0.3) is 34.9 Å². The second-order valence-corrected chi connectivity index (χ2v) is 36.6. The van der Waals surface area contributed by atoms with Gasteiger partial charge in [-0.2, -0.15) is 77.0 Å². The van der Waals surface area contributed by atoms with Crippen molar-refractivity contribution in [2.75, 3.05) is 45.5 Å². The van der Waals surface area contributed by atoms with E-state index in [4.69, 9.17) is 73.6 Å². The summed E-state index contributed by atoms with van der Waals surface area (Å²) in [5, 5.41) is 34.6. The first-order valence-corrected chi connectivity index (χ1v) is 49.2. The summed E-state index contributed by atoms with van der Waals surface area (Å²) in [5.74, 6) is 5.71. The van der Waals surface area contributed by atoms with Gasteiger partial charge in [0.05, 0.1) is 62.5 Å². The molecule has 7 radical (unpaired) electrons. The van der Waals surface area contributed by atoms with Gasteiger partial charge in [-0.1, -0.05) is 185 Å². The van der Waals surface area contributed by atoms with Gasteiger partial charge in [-0.05, 0) is 209 Å². The fourth-order valence-corrected chi connectivity index (χ4v) is 15.2. The van der Waals surface area contributed by atoms with Crippen molar-refractivity contribution in [2.24, 2.45) is 40.9 Å². The summed E-state index contributed by atoms with van der Waals surface area (Å²) in [6.45, 7) is 82.4. The maximum Gasteiger partial charge on any atom is 0.489 e. The first-order chi connectivity index (χ1) is 64.9. The number of rotatable bonds is 26. The molecule has 28 heteroatoms. The van der Waals surface area contributed by atoms with Crippen LogP contribution in [0.5, 0.6) is 0 Å². The predicted octanol–water partition coefficient (Wildman–Crippen LogP) is 26.4. The molecule has 763 valence electrons. The Hall–Kier alpha value is -0.347. The zero-order chi connectivity index (χ0) is 101. The molecule has 5 saturated heterocycles. The Labute approximate surface area is 1020 Å². The van der Waals surface area contributed by atoms with E-state index in [1.807, 2.05) is 134 Å². The van der Waals surface area contributed by atoms with Crippen molar-refractivity contribution in [3.63, 3.8) is 0 Å². The van der Waals surface area contributed by atoms with E-state index in [0.717, 1.165) is 135 Å². The molecule has 9 aliphatic rings. The SMILES string of the molecule is C#CC(C[CH2-])C[CH2-].C=C(B(O)O)C(C[CH2-])C[CH2-].C=C(B(O)O)C(C[CH2-])C[CH2-].C=C(B1OC(C)C(C)(C)O1)C(C[CH2-])C[CH2-].C=C(C)C(C[CH2-])C[CH2-].CBr.CC1(C)O[B]OC1(C)C.Fc1cc(C2OCCCO2)ccc1C1=Cc2ccccc2C1.Fc1cc(C2OCCCO2)ccc1C1=Cc2ccccc2C1.Fc1cc(C2OCCCO2)ccc1C1=Cc2ccccc2C1.[CH2-]CC(C[CH2-])C1(C)CC1.[Y].[Y].[Y].[Y].[Y].[Y]. The summed E-state index contributed by atoms with van der Waals surface area (Å²) in [7, 11) is -1.72. The van der Waals surface area contributed by atoms with Gasteiger partial charge >= 0.3 is 29.0 Å². The number of halogens is 4. The third kappa shape index (κ3) is 46.4. The molecule has 0 amide bonds.